The number of anilines is 1. The summed E-state index contributed by atoms with van der Waals surface area (Å²) in [4.78, 5) is 11.6. The molecule has 1 aromatic carbocycles. The van der Waals surface area contributed by atoms with Crippen LogP contribution in [0.15, 0.2) is 30.3 Å². The predicted octanol–water partition coefficient (Wildman–Crippen LogP) is 2.83. The molecule has 2 N–H and O–H groups in total. The van der Waals surface area contributed by atoms with Gasteiger partial charge < -0.3 is 10.6 Å². The fourth-order valence-electron chi connectivity index (χ4n) is 1.92. The number of rotatable bonds is 6. The summed E-state index contributed by atoms with van der Waals surface area (Å²) in [6.45, 7) is 3.38. The van der Waals surface area contributed by atoms with E-state index in [0.717, 1.165) is 12.2 Å². The van der Waals surface area contributed by atoms with Crippen molar-refractivity contribution in [1.82, 2.24) is 5.32 Å². The van der Waals surface area contributed by atoms with Crippen LogP contribution >= 0.6 is 12.4 Å². The first kappa shape index (κ1) is 14.8. The normalized spacial score (nSPS) is 15.4. The molecule has 0 saturated heterocycles. The molecular formula is C14H21ClN2O. The standard InChI is InChI=1S/C14H20N2O.ClH/c1-2-14(8-9-14)11-16-13(17)10-15-12-6-4-3-5-7-12;/h3-7,15H,2,8-11H2,1H3,(H,16,17);1H. The minimum Gasteiger partial charge on any atom is -0.376 e. The molecule has 1 aromatic rings. The van der Waals surface area contributed by atoms with E-state index in [4.69, 9.17) is 0 Å². The zero-order valence-electron chi connectivity index (χ0n) is 10.7. The largest absolute Gasteiger partial charge is 0.376 e. The topological polar surface area (TPSA) is 41.1 Å². The van der Waals surface area contributed by atoms with Gasteiger partial charge in [0.25, 0.3) is 0 Å². The van der Waals surface area contributed by atoms with E-state index in [9.17, 15) is 4.79 Å². The van der Waals surface area contributed by atoms with E-state index in [0.29, 0.717) is 12.0 Å². The van der Waals surface area contributed by atoms with Crippen molar-refractivity contribution in [2.45, 2.75) is 26.2 Å². The molecule has 0 heterocycles. The second-order valence-electron chi connectivity index (χ2n) is 4.85. The highest BCUT2D eigenvalue weighted by Gasteiger charge is 2.40. The summed E-state index contributed by atoms with van der Waals surface area (Å²) in [7, 11) is 0. The number of amides is 1. The predicted molar refractivity (Wildman–Crippen MR) is 77.1 cm³/mol. The van der Waals surface area contributed by atoms with Crippen molar-refractivity contribution in [3.05, 3.63) is 30.3 Å². The number of benzene rings is 1. The number of nitrogens with one attached hydrogen (secondary N) is 2. The van der Waals surface area contributed by atoms with Crippen LogP contribution in [-0.2, 0) is 4.79 Å². The number of halogens is 1. The Morgan fingerprint density at radius 1 is 1.28 bits per heavy atom. The summed E-state index contributed by atoms with van der Waals surface area (Å²) in [5, 5.41) is 6.11. The summed E-state index contributed by atoms with van der Waals surface area (Å²) in [6, 6.07) is 9.79. The lowest BCUT2D eigenvalue weighted by atomic mass is 10.0. The number of hydrogen-bond donors (Lipinski definition) is 2. The van der Waals surface area contributed by atoms with Crippen molar-refractivity contribution < 1.29 is 4.79 Å². The molecule has 0 atom stereocenters. The smallest absolute Gasteiger partial charge is 0.239 e. The Morgan fingerprint density at radius 3 is 2.50 bits per heavy atom. The van der Waals surface area contributed by atoms with Gasteiger partial charge in [-0.1, -0.05) is 25.1 Å². The molecule has 4 heteroatoms. The highest BCUT2D eigenvalue weighted by atomic mass is 35.5. The van der Waals surface area contributed by atoms with Crippen LogP contribution in [-0.4, -0.2) is 19.0 Å². The van der Waals surface area contributed by atoms with E-state index < -0.39 is 0 Å². The van der Waals surface area contributed by atoms with Gasteiger partial charge in [0.2, 0.25) is 5.91 Å². The molecule has 0 spiro atoms. The lowest BCUT2D eigenvalue weighted by molar-refractivity contribution is -0.119. The molecule has 1 aliphatic rings. The molecule has 2 rings (SSSR count). The second kappa shape index (κ2) is 6.64. The third-order valence-corrected chi connectivity index (χ3v) is 3.59. The van der Waals surface area contributed by atoms with Crippen LogP contribution in [0, 0.1) is 5.41 Å². The van der Waals surface area contributed by atoms with Crippen molar-refractivity contribution in [3.8, 4) is 0 Å². The van der Waals surface area contributed by atoms with E-state index >= 15 is 0 Å². The molecule has 3 nitrogen and oxygen atoms in total. The van der Waals surface area contributed by atoms with Gasteiger partial charge in [0.1, 0.15) is 0 Å². The molecule has 1 saturated carbocycles. The Kier molecular flexibility index (Phi) is 5.48. The van der Waals surface area contributed by atoms with Crippen LogP contribution in [0.1, 0.15) is 26.2 Å². The minimum absolute atomic E-state index is 0. The molecule has 100 valence electrons. The molecule has 0 radical (unpaired) electrons. The van der Waals surface area contributed by atoms with Gasteiger partial charge in [-0.3, -0.25) is 4.79 Å². The minimum atomic E-state index is 0. The first-order valence-corrected chi connectivity index (χ1v) is 6.30. The van der Waals surface area contributed by atoms with Gasteiger partial charge in [-0.25, -0.2) is 0 Å². The first-order chi connectivity index (χ1) is 8.24. The van der Waals surface area contributed by atoms with E-state index in [2.05, 4.69) is 17.6 Å². The molecular weight excluding hydrogens is 248 g/mol. The van der Waals surface area contributed by atoms with E-state index in [1.165, 1.54) is 19.3 Å². The molecule has 0 aliphatic heterocycles. The van der Waals surface area contributed by atoms with Gasteiger partial charge in [-0.15, -0.1) is 12.4 Å². The second-order valence-corrected chi connectivity index (χ2v) is 4.85. The number of carbonyl (C=O) groups is 1. The van der Waals surface area contributed by atoms with Crippen molar-refractivity contribution in [1.29, 1.82) is 0 Å². The quantitative estimate of drug-likeness (QED) is 0.833. The Morgan fingerprint density at radius 2 is 1.94 bits per heavy atom. The highest BCUT2D eigenvalue weighted by molar-refractivity contribution is 5.85. The fourth-order valence-corrected chi connectivity index (χ4v) is 1.92. The van der Waals surface area contributed by atoms with Gasteiger partial charge in [0.15, 0.2) is 0 Å². The maximum atomic E-state index is 11.6. The third kappa shape index (κ3) is 4.22. The lowest BCUT2D eigenvalue weighted by Gasteiger charge is -2.13. The average Bonchev–Trinajstić information content (AvgIpc) is 3.16. The Bertz CT molecular complexity index is 377. The summed E-state index contributed by atoms with van der Waals surface area (Å²) in [5.41, 5.74) is 1.40. The van der Waals surface area contributed by atoms with Gasteiger partial charge in [0, 0.05) is 12.2 Å². The van der Waals surface area contributed by atoms with Crippen molar-refractivity contribution in [2.75, 3.05) is 18.4 Å². The zero-order valence-corrected chi connectivity index (χ0v) is 11.6. The summed E-state index contributed by atoms with van der Waals surface area (Å²) in [6.07, 6.45) is 3.69. The fraction of sp³-hybridized carbons (Fsp3) is 0.500. The number of para-hydroxylation sites is 1. The monoisotopic (exact) mass is 268 g/mol. The van der Waals surface area contributed by atoms with Gasteiger partial charge in [0.05, 0.1) is 6.54 Å². The lowest BCUT2D eigenvalue weighted by Crippen LogP contribution is -2.34. The van der Waals surface area contributed by atoms with Crippen molar-refractivity contribution >= 4 is 24.0 Å². The number of carbonyl (C=O) groups excluding carboxylic acids is 1. The van der Waals surface area contributed by atoms with Gasteiger partial charge in [-0.2, -0.15) is 0 Å². The molecule has 1 fully saturated rings. The molecule has 0 unspecified atom stereocenters. The maximum Gasteiger partial charge on any atom is 0.239 e. The summed E-state index contributed by atoms with van der Waals surface area (Å²) < 4.78 is 0. The van der Waals surface area contributed by atoms with Crippen molar-refractivity contribution in [2.24, 2.45) is 5.41 Å². The van der Waals surface area contributed by atoms with Crippen molar-refractivity contribution in [3.63, 3.8) is 0 Å². The Labute approximate surface area is 115 Å². The summed E-state index contributed by atoms with van der Waals surface area (Å²) in [5.74, 6) is 0.0774. The van der Waals surface area contributed by atoms with Crippen LogP contribution in [0.25, 0.3) is 0 Å². The zero-order chi connectivity index (χ0) is 12.1. The molecule has 0 aromatic heterocycles. The SMILES string of the molecule is CCC1(CNC(=O)CNc2ccccc2)CC1.Cl. The maximum absolute atomic E-state index is 11.6. The van der Waals surface area contributed by atoms with Crippen LogP contribution in [0.2, 0.25) is 0 Å². The number of hydrogen-bond acceptors (Lipinski definition) is 2. The highest BCUT2D eigenvalue weighted by Crippen LogP contribution is 2.47. The van der Waals surface area contributed by atoms with E-state index in [1.54, 1.807) is 0 Å². The Hall–Kier alpha value is -1.22. The molecule has 1 aliphatic carbocycles. The van der Waals surface area contributed by atoms with E-state index in [1.807, 2.05) is 30.3 Å². The molecule has 1 amide bonds. The van der Waals surface area contributed by atoms with Gasteiger partial charge in [-0.05, 0) is 36.8 Å². The van der Waals surface area contributed by atoms with Crippen LogP contribution in [0.5, 0.6) is 0 Å². The molecule has 18 heavy (non-hydrogen) atoms. The van der Waals surface area contributed by atoms with Gasteiger partial charge >= 0.3 is 0 Å². The first-order valence-electron chi connectivity index (χ1n) is 6.30. The van der Waals surface area contributed by atoms with Crippen LogP contribution in [0.3, 0.4) is 0 Å². The third-order valence-electron chi connectivity index (χ3n) is 3.59. The van der Waals surface area contributed by atoms with Crippen LogP contribution < -0.4 is 10.6 Å². The van der Waals surface area contributed by atoms with Crippen LogP contribution in [0.4, 0.5) is 5.69 Å². The summed E-state index contributed by atoms with van der Waals surface area (Å²) >= 11 is 0. The Balaban J connectivity index is 0.00000162. The van der Waals surface area contributed by atoms with E-state index in [-0.39, 0.29) is 18.3 Å². The average molecular weight is 269 g/mol. The molecule has 0 bridgehead atoms.